The number of rotatable bonds is 6. The quantitative estimate of drug-likeness (QED) is 0.579. The van der Waals surface area contributed by atoms with E-state index in [4.69, 9.17) is 21.1 Å². The van der Waals surface area contributed by atoms with Crippen molar-refractivity contribution in [2.24, 2.45) is 0 Å². The molecule has 1 aliphatic heterocycles. The second kappa shape index (κ2) is 9.32. The van der Waals surface area contributed by atoms with Crippen molar-refractivity contribution in [2.45, 2.75) is 6.54 Å². The van der Waals surface area contributed by atoms with Crippen LogP contribution in [0.4, 0.5) is 0 Å². The fourth-order valence-electron chi connectivity index (χ4n) is 3.55. The van der Waals surface area contributed by atoms with E-state index in [9.17, 15) is 4.79 Å². The fraction of sp³-hybridized carbons (Fsp3) is 0.333. The fourth-order valence-corrected chi connectivity index (χ4v) is 3.67. The summed E-state index contributed by atoms with van der Waals surface area (Å²) in [6.07, 6.45) is 0. The van der Waals surface area contributed by atoms with Gasteiger partial charge < -0.3 is 14.4 Å². The highest BCUT2D eigenvalue weighted by Gasteiger charge is 2.24. The van der Waals surface area contributed by atoms with Crippen LogP contribution >= 0.6 is 11.6 Å². The second-order valence-electron chi connectivity index (χ2n) is 7.12. The van der Waals surface area contributed by atoms with Crippen LogP contribution in [0.3, 0.4) is 0 Å². The predicted octanol–water partition coefficient (Wildman–Crippen LogP) is 2.29. The van der Waals surface area contributed by atoms with Crippen LogP contribution in [-0.4, -0.2) is 76.3 Å². The van der Waals surface area contributed by atoms with Crippen molar-refractivity contribution in [1.82, 2.24) is 30.0 Å². The highest BCUT2D eigenvalue weighted by molar-refractivity contribution is 6.30. The Morgan fingerprint density at radius 2 is 1.71 bits per heavy atom. The summed E-state index contributed by atoms with van der Waals surface area (Å²) >= 11 is 5.97. The molecule has 1 amide bonds. The van der Waals surface area contributed by atoms with Gasteiger partial charge >= 0.3 is 0 Å². The largest absolute Gasteiger partial charge is 0.493 e. The lowest BCUT2D eigenvalue weighted by Crippen LogP contribution is -2.48. The van der Waals surface area contributed by atoms with E-state index in [1.54, 1.807) is 49.2 Å². The zero-order chi connectivity index (χ0) is 21.8. The summed E-state index contributed by atoms with van der Waals surface area (Å²) in [6.45, 7) is 3.29. The number of benzene rings is 2. The van der Waals surface area contributed by atoms with Gasteiger partial charge in [-0.2, -0.15) is 4.68 Å². The number of tetrazole rings is 1. The van der Waals surface area contributed by atoms with Crippen molar-refractivity contribution in [3.05, 3.63) is 58.9 Å². The number of nitrogens with zero attached hydrogens (tertiary/aromatic N) is 6. The first-order chi connectivity index (χ1) is 15.1. The smallest absolute Gasteiger partial charge is 0.254 e. The Balaban J connectivity index is 1.38. The molecule has 0 saturated carbocycles. The molecule has 0 aliphatic carbocycles. The molecule has 0 unspecified atom stereocenters. The highest BCUT2D eigenvalue weighted by atomic mass is 35.5. The first-order valence-corrected chi connectivity index (χ1v) is 10.2. The molecule has 0 spiro atoms. The van der Waals surface area contributed by atoms with E-state index in [2.05, 4.69) is 20.4 Å². The van der Waals surface area contributed by atoms with Crippen LogP contribution in [0, 0.1) is 0 Å². The van der Waals surface area contributed by atoms with Crippen LogP contribution in [0.2, 0.25) is 5.02 Å². The molecule has 9 nitrogen and oxygen atoms in total. The van der Waals surface area contributed by atoms with Crippen molar-refractivity contribution in [3.8, 4) is 17.2 Å². The maximum Gasteiger partial charge on any atom is 0.254 e. The van der Waals surface area contributed by atoms with E-state index in [0.29, 0.717) is 41.7 Å². The number of methoxy groups -OCH3 is 2. The molecule has 1 fully saturated rings. The highest BCUT2D eigenvalue weighted by Crippen LogP contribution is 2.28. The molecule has 10 heteroatoms. The van der Waals surface area contributed by atoms with Crippen molar-refractivity contribution in [3.63, 3.8) is 0 Å². The van der Waals surface area contributed by atoms with E-state index in [1.807, 2.05) is 17.0 Å². The lowest BCUT2D eigenvalue weighted by molar-refractivity contribution is 0.0624. The average Bonchev–Trinajstić information content (AvgIpc) is 3.27. The second-order valence-corrected chi connectivity index (χ2v) is 7.56. The van der Waals surface area contributed by atoms with Gasteiger partial charge in [-0.05, 0) is 52.9 Å². The lowest BCUT2D eigenvalue weighted by Gasteiger charge is -2.34. The number of carbonyl (C=O) groups excluding carboxylic acids is 1. The van der Waals surface area contributed by atoms with E-state index in [0.717, 1.165) is 24.6 Å². The van der Waals surface area contributed by atoms with Gasteiger partial charge in [0, 0.05) is 36.8 Å². The molecule has 1 aliphatic rings. The van der Waals surface area contributed by atoms with Crippen LogP contribution in [0.1, 0.15) is 16.2 Å². The van der Waals surface area contributed by atoms with E-state index in [1.165, 1.54) is 0 Å². The third-order valence-electron chi connectivity index (χ3n) is 5.26. The van der Waals surface area contributed by atoms with Crippen LogP contribution in [-0.2, 0) is 6.54 Å². The molecule has 1 saturated heterocycles. The molecular weight excluding hydrogens is 420 g/mol. The van der Waals surface area contributed by atoms with Crippen LogP contribution in [0.25, 0.3) is 5.69 Å². The molecule has 2 aromatic carbocycles. The minimum Gasteiger partial charge on any atom is -0.493 e. The monoisotopic (exact) mass is 442 g/mol. The van der Waals surface area contributed by atoms with Gasteiger partial charge in [-0.3, -0.25) is 9.69 Å². The molecule has 0 bridgehead atoms. The Labute approximate surface area is 185 Å². The van der Waals surface area contributed by atoms with Crippen molar-refractivity contribution in [1.29, 1.82) is 0 Å². The molecule has 2 heterocycles. The number of carbonyl (C=O) groups is 1. The number of amides is 1. The van der Waals surface area contributed by atoms with Gasteiger partial charge in [0.05, 0.1) is 26.5 Å². The summed E-state index contributed by atoms with van der Waals surface area (Å²) in [7, 11) is 3.13. The normalized spacial score (nSPS) is 14.5. The Morgan fingerprint density at radius 3 is 2.39 bits per heavy atom. The molecule has 0 atom stereocenters. The summed E-state index contributed by atoms with van der Waals surface area (Å²) in [5, 5.41) is 12.7. The SMILES string of the molecule is COc1ccc(C(=O)N2CCN(Cc3nnnn3-c3ccc(Cl)cc3)CC2)cc1OC. The van der Waals surface area contributed by atoms with Crippen LogP contribution in [0.15, 0.2) is 42.5 Å². The van der Waals surface area contributed by atoms with Gasteiger partial charge in [0.25, 0.3) is 5.91 Å². The van der Waals surface area contributed by atoms with Gasteiger partial charge in [-0.25, -0.2) is 0 Å². The Kier molecular flexibility index (Phi) is 6.34. The van der Waals surface area contributed by atoms with E-state index in [-0.39, 0.29) is 5.91 Å². The summed E-state index contributed by atoms with van der Waals surface area (Å²) in [6, 6.07) is 12.6. The average molecular weight is 443 g/mol. The van der Waals surface area contributed by atoms with Gasteiger partial charge in [0.1, 0.15) is 0 Å². The number of hydrogen-bond donors (Lipinski definition) is 0. The van der Waals surface area contributed by atoms with Crippen molar-refractivity contribution < 1.29 is 14.3 Å². The van der Waals surface area contributed by atoms with Crippen LogP contribution in [0.5, 0.6) is 11.5 Å². The Bertz CT molecular complexity index is 1050. The third-order valence-corrected chi connectivity index (χ3v) is 5.51. The number of ether oxygens (including phenoxy) is 2. The standard InChI is InChI=1S/C21H23ClN6O3/c1-30-18-8-3-15(13-19(18)31-2)21(29)27-11-9-26(10-12-27)14-20-23-24-25-28(20)17-6-4-16(22)5-7-17/h3-8,13H,9-12,14H2,1-2H3. The zero-order valence-corrected chi connectivity index (χ0v) is 18.1. The first-order valence-electron chi connectivity index (χ1n) is 9.86. The number of piperazine rings is 1. The molecule has 162 valence electrons. The minimum atomic E-state index is -0.0217. The molecule has 1 aromatic heterocycles. The number of aromatic nitrogens is 4. The molecule has 31 heavy (non-hydrogen) atoms. The lowest BCUT2D eigenvalue weighted by atomic mass is 10.1. The molecule has 4 rings (SSSR count). The molecular formula is C21H23ClN6O3. The third kappa shape index (κ3) is 4.62. The summed E-state index contributed by atoms with van der Waals surface area (Å²) in [5.74, 6) is 1.86. The summed E-state index contributed by atoms with van der Waals surface area (Å²) in [4.78, 5) is 17.0. The summed E-state index contributed by atoms with van der Waals surface area (Å²) < 4.78 is 12.3. The first kappa shape index (κ1) is 21.1. The van der Waals surface area contributed by atoms with E-state index < -0.39 is 0 Å². The maximum atomic E-state index is 12.9. The maximum absolute atomic E-state index is 12.9. The molecule has 0 radical (unpaired) electrons. The van der Waals surface area contributed by atoms with Gasteiger partial charge in [0.15, 0.2) is 17.3 Å². The Morgan fingerprint density at radius 1 is 1.00 bits per heavy atom. The van der Waals surface area contributed by atoms with Crippen LogP contribution < -0.4 is 9.47 Å². The van der Waals surface area contributed by atoms with Crippen molar-refractivity contribution >= 4 is 17.5 Å². The predicted molar refractivity (Wildman–Crippen MR) is 115 cm³/mol. The van der Waals surface area contributed by atoms with E-state index >= 15 is 0 Å². The summed E-state index contributed by atoms with van der Waals surface area (Å²) in [5.41, 5.74) is 1.43. The van der Waals surface area contributed by atoms with Gasteiger partial charge in [0.2, 0.25) is 0 Å². The van der Waals surface area contributed by atoms with Gasteiger partial charge in [-0.15, -0.1) is 5.10 Å². The topological polar surface area (TPSA) is 85.6 Å². The number of halogens is 1. The molecule has 3 aromatic rings. The van der Waals surface area contributed by atoms with Gasteiger partial charge in [-0.1, -0.05) is 11.6 Å². The Hall–Kier alpha value is -3.17. The molecule has 0 N–H and O–H groups in total. The van der Waals surface area contributed by atoms with Crippen molar-refractivity contribution in [2.75, 3.05) is 40.4 Å². The number of hydrogen-bond acceptors (Lipinski definition) is 7. The minimum absolute atomic E-state index is 0.0217. The zero-order valence-electron chi connectivity index (χ0n) is 17.4.